The van der Waals surface area contributed by atoms with E-state index in [0.29, 0.717) is 18.2 Å². The lowest BCUT2D eigenvalue weighted by molar-refractivity contribution is -0.138. The van der Waals surface area contributed by atoms with Crippen molar-refractivity contribution in [3.8, 4) is 0 Å². The van der Waals surface area contributed by atoms with Gasteiger partial charge in [-0.15, -0.1) is 0 Å². The molecule has 0 aliphatic carbocycles. The molecule has 5 heteroatoms. The first kappa shape index (κ1) is 16.3. The summed E-state index contributed by atoms with van der Waals surface area (Å²) in [7, 11) is 1.84. The second-order valence-electron chi connectivity index (χ2n) is 5.72. The van der Waals surface area contributed by atoms with E-state index in [-0.39, 0.29) is 18.2 Å². The van der Waals surface area contributed by atoms with Crippen molar-refractivity contribution in [1.29, 1.82) is 0 Å². The number of aliphatic carboxylic acids is 1. The minimum Gasteiger partial charge on any atom is -0.481 e. The molecule has 0 aromatic carbocycles. The van der Waals surface area contributed by atoms with Gasteiger partial charge in [-0.05, 0) is 37.3 Å². The van der Waals surface area contributed by atoms with Crippen molar-refractivity contribution in [1.82, 2.24) is 9.88 Å². The van der Waals surface area contributed by atoms with E-state index in [1.54, 1.807) is 6.07 Å². The summed E-state index contributed by atoms with van der Waals surface area (Å²) >= 11 is 0. The molecule has 0 bridgehead atoms. The minimum atomic E-state index is -0.820. The number of carboxylic acids is 1. The number of rotatable bonds is 7. The summed E-state index contributed by atoms with van der Waals surface area (Å²) in [5.74, 6) is -0.592. The van der Waals surface area contributed by atoms with Gasteiger partial charge < -0.3 is 15.0 Å². The van der Waals surface area contributed by atoms with E-state index in [0.717, 1.165) is 12.1 Å². The number of amides is 1. The van der Waals surface area contributed by atoms with E-state index in [1.165, 1.54) is 0 Å². The summed E-state index contributed by atoms with van der Waals surface area (Å²) in [4.78, 5) is 22.9. The summed E-state index contributed by atoms with van der Waals surface area (Å²) in [6.45, 7) is 6.44. The second kappa shape index (κ2) is 7.12. The number of carboxylic acid groups (broad SMARTS) is 1. The third kappa shape index (κ3) is 4.72. The first-order chi connectivity index (χ1) is 9.31. The molecule has 1 rings (SSSR count). The summed E-state index contributed by atoms with van der Waals surface area (Å²) in [6.07, 6.45) is 0.878. The van der Waals surface area contributed by atoms with Gasteiger partial charge in [-0.1, -0.05) is 13.8 Å². The molecule has 2 N–H and O–H groups in total. The molecule has 1 atom stereocenters. The standard InChI is InChI=1S/C15H24N2O3/c1-10(2)7-12(8-14(18)19)9-16-15(20)13-6-5-11(3)17(13)4/h5-6,10,12H,7-9H2,1-4H3,(H,16,20)(H,18,19)/t12-/m0/s1. The molecule has 0 aliphatic heterocycles. The lowest BCUT2D eigenvalue weighted by Gasteiger charge is -2.18. The Kier molecular flexibility index (Phi) is 5.80. The maximum Gasteiger partial charge on any atom is 0.303 e. The smallest absolute Gasteiger partial charge is 0.303 e. The molecular weight excluding hydrogens is 256 g/mol. The Hall–Kier alpha value is -1.78. The quantitative estimate of drug-likeness (QED) is 0.804. The van der Waals surface area contributed by atoms with Crippen LogP contribution in [0, 0.1) is 18.8 Å². The van der Waals surface area contributed by atoms with Crippen LogP contribution in [-0.4, -0.2) is 28.1 Å². The highest BCUT2D eigenvalue weighted by Crippen LogP contribution is 2.15. The molecule has 0 aliphatic rings. The van der Waals surface area contributed by atoms with Gasteiger partial charge in [0.15, 0.2) is 0 Å². The van der Waals surface area contributed by atoms with Gasteiger partial charge in [0.05, 0.1) is 0 Å². The molecule has 0 saturated carbocycles. The zero-order valence-electron chi connectivity index (χ0n) is 12.6. The Balaban J connectivity index is 2.60. The fourth-order valence-corrected chi connectivity index (χ4v) is 2.32. The second-order valence-corrected chi connectivity index (χ2v) is 5.72. The molecule has 0 fully saturated rings. The van der Waals surface area contributed by atoms with Gasteiger partial charge in [0.1, 0.15) is 5.69 Å². The van der Waals surface area contributed by atoms with Gasteiger partial charge in [0, 0.05) is 25.7 Å². The molecule has 1 heterocycles. The maximum atomic E-state index is 12.1. The van der Waals surface area contributed by atoms with Crippen LogP contribution in [0.5, 0.6) is 0 Å². The van der Waals surface area contributed by atoms with Crippen molar-refractivity contribution < 1.29 is 14.7 Å². The Morgan fingerprint density at radius 2 is 2.00 bits per heavy atom. The highest BCUT2D eigenvalue weighted by atomic mass is 16.4. The van der Waals surface area contributed by atoms with E-state index in [2.05, 4.69) is 19.2 Å². The lowest BCUT2D eigenvalue weighted by atomic mass is 9.94. The molecule has 0 saturated heterocycles. The fourth-order valence-electron chi connectivity index (χ4n) is 2.32. The molecule has 112 valence electrons. The topological polar surface area (TPSA) is 71.3 Å². The highest BCUT2D eigenvalue weighted by molar-refractivity contribution is 5.92. The first-order valence-electron chi connectivity index (χ1n) is 6.93. The summed E-state index contributed by atoms with van der Waals surface area (Å²) < 4.78 is 1.82. The first-order valence-corrected chi connectivity index (χ1v) is 6.93. The lowest BCUT2D eigenvalue weighted by Crippen LogP contribution is -2.32. The molecule has 0 spiro atoms. The van der Waals surface area contributed by atoms with E-state index < -0.39 is 5.97 Å². The summed E-state index contributed by atoms with van der Waals surface area (Å²) in [6, 6.07) is 3.66. The summed E-state index contributed by atoms with van der Waals surface area (Å²) in [5.41, 5.74) is 1.61. The van der Waals surface area contributed by atoms with Crippen LogP contribution in [0.25, 0.3) is 0 Å². The molecule has 0 unspecified atom stereocenters. The predicted molar refractivity (Wildman–Crippen MR) is 77.7 cm³/mol. The van der Waals surface area contributed by atoms with Crippen molar-refractivity contribution in [3.05, 3.63) is 23.5 Å². The van der Waals surface area contributed by atoms with Crippen molar-refractivity contribution in [2.75, 3.05) is 6.54 Å². The Labute approximate surface area is 120 Å². The van der Waals surface area contributed by atoms with Gasteiger partial charge in [-0.2, -0.15) is 0 Å². The average Bonchev–Trinajstić information content (AvgIpc) is 2.65. The zero-order valence-corrected chi connectivity index (χ0v) is 12.6. The SMILES string of the molecule is Cc1ccc(C(=O)NC[C@H](CC(=O)O)CC(C)C)n1C. The van der Waals surface area contributed by atoms with Crippen LogP contribution in [0.1, 0.15) is 42.9 Å². The van der Waals surface area contributed by atoms with Crippen molar-refractivity contribution in [2.24, 2.45) is 18.9 Å². The molecule has 20 heavy (non-hydrogen) atoms. The number of hydrogen-bond donors (Lipinski definition) is 2. The van der Waals surface area contributed by atoms with Crippen LogP contribution < -0.4 is 5.32 Å². The molecule has 1 aromatic rings. The van der Waals surface area contributed by atoms with Crippen LogP contribution in [0.4, 0.5) is 0 Å². The number of carbonyl (C=O) groups is 2. The molecular formula is C15H24N2O3. The molecule has 1 aromatic heterocycles. The van der Waals surface area contributed by atoms with E-state index >= 15 is 0 Å². The van der Waals surface area contributed by atoms with Gasteiger partial charge >= 0.3 is 5.97 Å². The Morgan fingerprint density at radius 1 is 1.35 bits per heavy atom. The number of nitrogens with one attached hydrogen (secondary N) is 1. The monoisotopic (exact) mass is 280 g/mol. The van der Waals surface area contributed by atoms with Crippen molar-refractivity contribution in [2.45, 2.75) is 33.6 Å². The number of aromatic nitrogens is 1. The molecule has 1 amide bonds. The number of nitrogens with zero attached hydrogens (tertiary/aromatic N) is 1. The van der Waals surface area contributed by atoms with E-state index in [9.17, 15) is 9.59 Å². The van der Waals surface area contributed by atoms with Crippen LogP contribution in [-0.2, 0) is 11.8 Å². The van der Waals surface area contributed by atoms with Gasteiger partial charge in [0.25, 0.3) is 5.91 Å². The summed E-state index contributed by atoms with van der Waals surface area (Å²) in [5, 5.41) is 11.8. The Morgan fingerprint density at radius 3 is 2.45 bits per heavy atom. The Bertz CT molecular complexity index is 477. The number of aryl methyl sites for hydroxylation is 1. The number of carbonyl (C=O) groups excluding carboxylic acids is 1. The van der Waals surface area contributed by atoms with E-state index in [1.807, 2.05) is 24.6 Å². The number of hydrogen-bond acceptors (Lipinski definition) is 2. The van der Waals surface area contributed by atoms with Crippen LogP contribution in [0.15, 0.2) is 12.1 Å². The average molecular weight is 280 g/mol. The molecule has 5 nitrogen and oxygen atoms in total. The zero-order chi connectivity index (χ0) is 15.3. The van der Waals surface area contributed by atoms with Crippen molar-refractivity contribution in [3.63, 3.8) is 0 Å². The third-order valence-corrected chi connectivity index (χ3v) is 3.42. The van der Waals surface area contributed by atoms with Gasteiger partial charge in [-0.25, -0.2) is 0 Å². The third-order valence-electron chi connectivity index (χ3n) is 3.42. The normalized spacial score (nSPS) is 12.4. The van der Waals surface area contributed by atoms with Gasteiger partial charge in [0.2, 0.25) is 0 Å². The largest absolute Gasteiger partial charge is 0.481 e. The maximum absolute atomic E-state index is 12.1. The van der Waals surface area contributed by atoms with Crippen LogP contribution in [0.3, 0.4) is 0 Å². The van der Waals surface area contributed by atoms with Crippen LogP contribution >= 0.6 is 0 Å². The van der Waals surface area contributed by atoms with Gasteiger partial charge in [-0.3, -0.25) is 9.59 Å². The fraction of sp³-hybridized carbons (Fsp3) is 0.600. The predicted octanol–water partition coefficient (Wildman–Crippen LogP) is 2.20. The van der Waals surface area contributed by atoms with Crippen LogP contribution in [0.2, 0.25) is 0 Å². The minimum absolute atomic E-state index is 0.0298. The molecule has 0 radical (unpaired) electrons. The van der Waals surface area contributed by atoms with Crippen molar-refractivity contribution >= 4 is 11.9 Å². The van der Waals surface area contributed by atoms with E-state index in [4.69, 9.17) is 5.11 Å². The highest BCUT2D eigenvalue weighted by Gasteiger charge is 2.17.